The van der Waals surface area contributed by atoms with Crippen LogP contribution < -0.4 is 20.1 Å². The van der Waals surface area contributed by atoms with Gasteiger partial charge in [0.05, 0.1) is 7.11 Å². The minimum absolute atomic E-state index is 0.113. The Labute approximate surface area is 136 Å². The molecule has 2 rings (SSSR count). The fraction of sp³-hybridized carbons (Fsp3) is 0.278. The van der Waals surface area contributed by atoms with Gasteiger partial charge in [-0.2, -0.15) is 0 Å². The minimum atomic E-state index is -0.291. The van der Waals surface area contributed by atoms with Gasteiger partial charge in [0.1, 0.15) is 11.5 Å². The third-order valence-corrected chi connectivity index (χ3v) is 3.42. The van der Waals surface area contributed by atoms with Crippen molar-refractivity contribution in [2.24, 2.45) is 0 Å². The van der Waals surface area contributed by atoms with Crippen molar-refractivity contribution in [2.75, 3.05) is 13.8 Å². The lowest BCUT2D eigenvalue weighted by molar-refractivity contribution is 0.223. The van der Waals surface area contributed by atoms with Crippen LogP contribution in [0.15, 0.2) is 42.5 Å². The Morgan fingerprint density at radius 2 is 1.83 bits per heavy atom. The number of nitrogens with one attached hydrogen (secondary N) is 2. The molecule has 5 heteroatoms. The summed E-state index contributed by atoms with van der Waals surface area (Å²) in [6.07, 6.45) is 0. The molecule has 0 spiro atoms. The van der Waals surface area contributed by atoms with Gasteiger partial charge >= 0.3 is 6.03 Å². The SMILES string of the molecule is COc1ccccc1CNC(=O)NCOc1ccc(C)cc1C. The maximum Gasteiger partial charge on any atom is 0.317 e. The lowest BCUT2D eigenvalue weighted by Crippen LogP contribution is -2.37. The van der Waals surface area contributed by atoms with E-state index < -0.39 is 0 Å². The second-order valence-electron chi connectivity index (χ2n) is 5.23. The molecule has 0 bridgehead atoms. The van der Waals surface area contributed by atoms with Crippen LogP contribution in [0.2, 0.25) is 0 Å². The summed E-state index contributed by atoms with van der Waals surface area (Å²) in [6, 6.07) is 13.2. The van der Waals surface area contributed by atoms with Gasteiger partial charge < -0.3 is 20.1 Å². The van der Waals surface area contributed by atoms with Crippen molar-refractivity contribution in [2.45, 2.75) is 20.4 Å². The Morgan fingerprint density at radius 1 is 1.04 bits per heavy atom. The van der Waals surface area contributed by atoms with Crippen LogP contribution in [0, 0.1) is 13.8 Å². The molecule has 122 valence electrons. The maximum atomic E-state index is 11.8. The van der Waals surface area contributed by atoms with E-state index >= 15 is 0 Å². The number of para-hydroxylation sites is 1. The van der Waals surface area contributed by atoms with E-state index in [-0.39, 0.29) is 12.8 Å². The number of rotatable bonds is 6. The third kappa shape index (κ3) is 4.92. The highest BCUT2D eigenvalue weighted by atomic mass is 16.5. The van der Waals surface area contributed by atoms with Gasteiger partial charge in [-0.25, -0.2) is 4.79 Å². The van der Waals surface area contributed by atoms with E-state index in [4.69, 9.17) is 9.47 Å². The fourth-order valence-corrected chi connectivity index (χ4v) is 2.23. The molecule has 0 aliphatic carbocycles. The first-order valence-electron chi connectivity index (χ1n) is 7.44. The first kappa shape index (κ1) is 16.7. The van der Waals surface area contributed by atoms with Crippen LogP contribution in [0.1, 0.15) is 16.7 Å². The van der Waals surface area contributed by atoms with Crippen molar-refractivity contribution in [1.82, 2.24) is 10.6 Å². The van der Waals surface area contributed by atoms with Crippen LogP contribution in [-0.2, 0) is 6.54 Å². The number of aryl methyl sites for hydroxylation is 2. The smallest absolute Gasteiger partial charge is 0.317 e. The van der Waals surface area contributed by atoms with Gasteiger partial charge in [0.2, 0.25) is 0 Å². The van der Waals surface area contributed by atoms with Gasteiger partial charge in [-0.15, -0.1) is 0 Å². The van der Waals surface area contributed by atoms with Crippen molar-refractivity contribution in [1.29, 1.82) is 0 Å². The van der Waals surface area contributed by atoms with Gasteiger partial charge in [-0.3, -0.25) is 0 Å². The van der Waals surface area contributed by atoms with Crippen molar-refractivity contribution >= 4 is 6.03 Å². The van der Waals surface area contributed by atoms with Gasteiger partial charge in [0.15, 0.2) is 6.73 Å². The summed E-state index contributed by atoms with van der Waals surface area (Å²) in [5.41, 5.74) is 3.14. The Bertz CT molecular complexity index is 671. The van der Waals surface area contributed by atoms with E-state index in [1.807, 2.05) is 56.3 Å². The molecule has 5 nitrogen and oxygen atoms in total. The molecule has 0 fully saturated rings. The van der Waals surface area contributed by atoms with E-state index in [0.29, 0.717) is 6.54 Å². The largest absolute Gasteiger partial charge is 0.496 e. The molecular formula is C18H22N2O3. The van der Waals surface area contributed by atoms with Gasteiger partial charge in [-0.05, 0) is 31.5 Å². The third-order valence-electron chi connectivity index (χ3n) is 3.42. The molecule has 0 heterocycles. The highest BCUT2D eigenvalue weighted by Crippen LogP contribution is 2.18. The number of amides is 2. The Kier molecular flexibility index (Phi) is 5.86. The number of carbonyl (C=O) groups excluding carboxylic acids is 1. The van der Waals surface area contributed by atoms with Gasteiger partial charge in [-0.1, -0.05) is 35.9 Å². The van der Waals surface area contributed by atoms with Crippen molar-refractivity contribution in [3.05, 3.63) is 59.2 Å². The van der Waals surface area contributed by atoms with Crippen LogP contribution in [0.4, 0.5) is 4.79 Å². The summed E-state index contributed by atoms with van der Waals surface area (Å²) in [5, 5.41) is 5.44. The molecule has 2 aromatic rings. The second-order valence-corrected chi connectivity index (χ2v) is 5.23. The minimum Gasteiger partial charge on any atom is -0.496 e. The highest BCUT2D eigenvalue weighted by molar-refractivity contribution is 5.73. The first-order chi connectivity index (χ1) is 11.1. The van der Waals surface area contributed by atoms with E-state index in [2.05, 4.69) is 10.6 Å². The molecule has 23 heavy (non-hydrogen) atoms. The average molecular weight is 314 g/mol. The number of ether oxygens (including phenoxy) is 2. The zero-order valence-corrected chi connectivity index (χ0v) is 13.7. The quantitative estimate of drug-likeness (QED) is 0.805. The molecule has 2 aromatic carbocycles. The highest BCUT2D eigenvalue weighted by Gasteiger charge is 2.05. The number of hydrogen-bond donors (Lipinski definition) is 2. The Morgan fingerprint density at radius 3 is 2.57 bits per heavy atom. The van der Waals surface area contributed by atoms with Gasteiger partial charge in [0, 0.05) is 12.1 Å². The summed E-state index contributed by atoms with van der Waals surface area (Å²) in [7, 11) is 1.61. The monoisotopic (exact) mass is 314 g/mol. The van der Waals surface area contributed by atoms with Crippen LogP contribution in [-0.4, -0.2) is 19.9 Å². The summed E-state index contributed by atoms with van der Waals surface area (Å²) < 4.78 is 10.8. The lowest BCUT2D eigenvalue weighted by atomic mass is 10.1. The maximum absolute atomic E-state index is 11.8. The molecule has 0 aliphatic heterocycles. The van der Waals surface area contributed by atoms with Crippen molar-refractivity contribution in [3.8, 4) is 11.5 Å². The molecule has 0 aliphatic rings. The molecule has 0 aromatic heterocycles. The van der Waals surface area contributed by atoms with Crippen molar-refractivity contribution < 1.29 is 14.3 Å². The summed E-state index contributed by atoms with van der Waals surface area (Å²) in [5.74, 6) is 1.51. The zero-order chi connectivity index (χ0) is 16.7. The van der Waals surface area contributed by atoms with E-state index in [1.54, 1.807) is 7.11 Å². The number of urea groups is 1. The molecule has 0 saturated heterocycles. The zero-order valence-electron chi connectivity index (χ0n) is 13.7. The second kappa shape index (κ2) is 8.08. The molecule has 0 unspecified atom stereocenters. The van der Waals surface area contributed by atoms with E-state index in [0.717, 1.165) is 22.6 Å². The van der Waals surface area contributed by atoms with Crippen molar-refractivity contribution in [3.63, 3.8) is 0 Å². The standard InChI is InChI=1S/C18H22N2O3/c1-13-8-9-16(14(2)10-13)23-12-20-18(21)19-11-15-6-4-5-7-17(15)22-3/h4-10H,11-12H2,1-3H3,(H2,19,20,21). The molecule has 2 amide bonds. The number of carbonyl (C=O) groups is 1. The van der Waals surface area contributed by atoms with Crippen LogP contribution >= 0.6 is 0 Å². The fourth-order valence-electron chi connectivity index (χ4n) is 2.23. The van der Waals surface area contributed by atoms with E-state index in [1.165, 1.54) is 5.56 Å². The number of hydrogen-bond acceptors (Lipinski definition) is 3. The predicted molar refractivity (Wildman–Crippen MR) is 89.8 cm³/mol. The van der Waals surface area contributed by atoms with Crippen LogP contribution in [0.3, 0.4) is 0 Å². The predicted octanol–water partition coefficient (Wildman–Crippen LogP) is 3.15. The normalized spacial score (nSPS) is 10.0. The molecule has 2 N–H and O–H groups in total. The summed E-state index contributed by atoms with van der Waals surface area (Å²) in [4.78, 5) is 11.8. The summed E-state index contributed by atoms with van der Waals surface area (Å²) in [6.45, 7) is 4.51. The number of benzene rings is 2. The summed E-state index contributed by atoms with van der Waals surface area (Å²) >= 11 is 0. The molecule has 0 saturated carbocycles. The Balaban J connectivity index is 1.77. The number of methoxy groups -OCH3 is 1. The topological polar surface area (TPSA) is 59.6 Å². The Hall–Kier alpha value is -2.69. The van der Waals surface area contributed by atoms with Crippen LogP contribution in [0.25, 0.3) is 0 Å². The molecular weight excluding hydrogens is 292 g/mol. The average Bonchev–Trinajstić information content (AvgIpc) is 2.55. The van der Waals surface area contributed by atoms with E-state index in [9.17, 15) is 4.79 Å². The van der Waals surface area contributed by atoms with Crippen LogP contribution in [0.5, 0.6) is 11.5 Å². The van der Waals surface area contributed by atoms with Gasteiger partial charge in [0.25, 0.3) is 0 Å². The first-order valence-corrected chi connectivity index (χ1v) is 7.44. The lowest BCUT2D eigenvalue weighted by Gasteiger charge is -2.12. The molecule has 0 atom stereocenters. The molecule has 0 radical (unpaired) electrons.